The van der Waals surface area contributed by atoms with Gasteiger partial charge < -0.3 is 15.5 Å². The Kier molecular flexibility index (Phi) is 4.31. The first-order valence-corrected chi connectivity index (χ1v) is 9.87. The number of amides is 3. The number of aromatic nitrogens is 2. The van der Waals surface area contributed by atoms with E-state index in [1.54, 1.807) is 4.90 Å². The van der Waals surface area contributed by atoms with Gasteiger partial charge in [0.15, 0.2) is 5.82 Å². The summed E-state index contributed by atoms with van der Waals surface area (Å²) in [5, 5.41) is 16.5. The first-order chi connectivity index (χ1) is 14.1. The molecule has 29 heavy (non-hydrogen) atoms. The SMILES string of the molecule is O=C1CCC(N2Cc3cc(CNc4n[nH]c5c4CNCC5)ccc3C2=O)C(=O)N1. The van der Waals surface area contributed by atoms with Gasteiger partial charge in [-0.25, -0.2) is 0 Å². The normalized spacial score (nSPS) is 21.0. The molecule has 9 heteroatoms. The smallest absolute Gasteiger partial charge is 0.255 e. The summed E-state index contributed by atoms with van der Waals surface area (Å²) in [5.74, 6) is 0.0381. The Morgan fingerprint density at radius 1 is 1.21 bits per heavy atom. The largest absolute Gasteiger partial charge is 0.364 e. The molecule has 0 radical (unpaired) electrons. The second kappa shape index (κ2) is 7.00. The molecule has 0 saturated carbocycles. The first-order valence-electron chi connectivity index (χ1n) is 9.87. The van der Waals surface area contributed by atoms with Crippen LogP contribution in [0.2, 0.25) is 0 Å². The quantitative estimate of drug-likeness (QED) is 0.559. The lowest BCUT2D eigenvalue weighted by Crippen LogP contribution is -2.52. The molecule has 9 nitrogen and oxygen atoms in total. The Bertz CT molecular complexity index is 1010. The van der Waals surface area contributed by atoms with Gasteiger partial charge in [0.05, 0.1) is 0 Å². The minimum Gasteiger partial charge on any atom is -0.364 e. The summed E-state index contributed by atoms with van der Waals surface area (Å²) in [6, 6.07) is 5.16. The molecule has 3 aliphatic heterocycles. The highest BCUT2D eigenvalue weighted by Crippen LogP contribution is 2.28. The van der Waals surface area contributed by atoms with E-state index in [2.05, 4.69) is 26.1 Å². The molecular formula is C20H22N6O3. The molecule has 3 amide bonds. The monoisotopic (exact) mass is 394 g/mol. The van der Waals surface area contributed by atoms with E-state index in [9.17, 15) is 14.4 Å². The molecule has 1 fully saturated rings. The average Bonchev–Trinajstić information content (AvgIpc) is 3.27. The van der Waals surface area contributed by atoms with Crippen LogP contribution in [0.4, 0.5) is 5.82 Å². The average molecular weight is 394 g/mol. The molecule has 0 spiro atoms. The van der Waals surface area contributed by atoms with Crippen LogP contribution in [-0.4, -0.2) is 45.4 Å². The lowest BCUT2D eigenvalue weighted by Gasteiger charge is -2.29. The lowest BCUT2D eigenvalue weighted by atomic mass is 10.0. The van der Waals surface area contributed by atoms with Gasteiger partial charge in [-0.2, -0.15) is 5.10 Å². The van der Waals surface area contributed by atoms with Gasteiger partial charge in [-0.1, -0.05) is 12.1 Å². The number of nitrogens with one attached hydrogen (secondary N) is 4. The van der Waals surface area contributed by atoms with Gasteiger partial charge in [-0.3, -0.25) is 24.8 Å². The minimum absolute atomic E-state index is 0.151. The molecule has 1 aromatic carbocycles. The fourth-order valence-corrected chi connectivity index (χ4v) is 4.30. The summed E-state index contributed by atoms with van der Waals surface area (Å²) < 4.78 is 0. The van der Waals surface area contributed by atoms with E-state index in [1.165, 1.54) is 11.3 Å². The van der Waals surface area contributed by atoms with E-state index in [0.29, 0.717) is 25.1 Å². The second-order valence-electron chi connectivity index (χ2n) is 7.70. The van der Waals surface area contributed by atoms with Gasteiger partial charge in [0.2, 0.25) is 11.8 Å². The van der Waals surface area contributed by atoms with Crippen LogP contribution in [0.25, 0.3) is 0 Å². The Morgan fingerprint density at radius 3 is 2.97 bits per heavy atom. The summed E-state index contributed by atoms with van der Waals surface area (Å²) in [6.07, 6.45) is 1.58. The van der Waals surface area contributed by atoms with Crippen molar-refractivity contribution in [3.63, 3.8) is 0 Å². The fraction of sp³-hybridized carbons (Fsp3) is 0.400. The summed E-state index contributed by atoms with van der Waals surface area (Å²) >= 11 is 0. The molecule has 0 aliphatic carbocycles. The van der Waals surface area contributed by atoms with E-state index < -0.39 is 6.04 Å². The Morgan fingerprint density at radius 2 is 2.10 bits per heavy atom. The number of fused-ring (bicyclic) bond motifs is 2. The molecular weight excluding hydrogens is 372 g/mol. The summed E-state index contributed by atoms with van der Waals surface area (Å²) in [4.78, 5) is 37.9. The van der Waals surface area contributed by atoms with Crippen LogP contribution in [0.3, 0.4) is 0 Å². The summed E-state index contributed by atoms with van der Waals surface area (Å²) in [6.45, 7) is 2.73. The summed E-state index contributed by atoms with van der Waals surface area (Å²) in [7, 11) is 0. The standard InChI is InChI=1S/C20H22N6O3/c27-17-4-3-16(19(28)23-17)26-10-12-7-11(1-2-13(12)20(26)29)8-22-18-14-9-21-6-5-15(14)24-25-18/h1-2,7,16,21H,3-6,8-10H2,(H2,22,24,25)(H,23,27,28). The van der Waals surface area contributed by atoms with Crippen LogP contribution in [0.1, 0.15) is 45.6 Å². The van der Waals surface area contributed by atoms with Gasteiger partial charge in [-0.05, 0) is 23.6 Å². The van der Waals surface area contributed by atoms with Crippen LogP contribution in [0.5, 0.6) is 0 Å². The zero-order valence-corrected chi connectivity index (χ0v) is 15.9. The molecule has 4 N–H and O–H groups in total. The number of imide groups is 1. The molecule has 1 unspecified atom stereocenters. The molecule has 5 rings (SSSR count). The van der Waals surface area contributed by atoms with Crippen molar-refractivity contribution < 1.29 is 14.4 Å². The number of aromatic amines is 1. The van der Waals surface area contributed by atoms with Crippen molar-refractivity contribution >= 4 is 23.5 Å². The van der Waals surface area contributed by atoms with Gasteiger partial charge in [-0.15, -0.1) is 0 Å². The number of nitrogens with zero attached hydrogens (tertiary/aromatic N) is 2. The number of carbonyl (C=O) groups is 3. The predicted octanol–water partition coefficient (Wildman–Crippen LogP) is 0.429. The third kappa shape index (κ3) is 3.17. The highest BCUT2D eigenvalue weighted by atomic mass is 16.2. The van der Waals surface area contributed by atoms with Crippen molar-refractivity contribution in [2.45, 2.75) is 44.9 Å². The van der Waals surface area contributed by atoms with Gasteiger partial charge in [0.1, 0.15) is 6.04 Å². The maximum atomic E-state index is 12.8. The third-order valence-corrected chi connectivity index (χ3v) is 5.85. The van der Waals surface area contributed by atoms with Crippen LogP contribution < -0.4 is 16.0 Å². The lowest BCUT2D eigenvalue weighted by molar-refractivity contribution is -0.136. The first kappa shape index (κ1) is 17.9. The van der Waals surface area contributed by atoms with Crippen LogP contribution in [0.15, 0.2) is 18.2 Å². The van der Waals surface area contributed by atoms with E-state index in [-0.39, 0.29) is 24.1 Å². The third-order valence-electron chi connectivity index (χ3n) is 5.85. The molecule has 1 saturated heterocycles. The van der Waals surface area contributed by atoms with Crippen LogP contribution >= 0.6 is 0 Å². The van der Waals surface area contributed by atoms with Crippen LogP contribution in [0, 0.1) is 0 Å². The fourth-order valence-electron chi connectivity index (χ4n) is 4.30. The number of hydrogen-bond acceptors (Lipinski definition) is 6. The number of carbonyl (C=O) groups excluding carboxylic acids is 3. The zero-order chi connectivity index (χ0) is 20.0. The second-order valence-corrected chi connectivity index (χ2v) is 7.70. The number of hydrogen-bond donors (Lipinski definition) is 4. The van der Waals surface area contributed by atoms with E-state index in [1.807, 2.05) is 18.2 Å². The molecule has 2 aromatic rings. The molecule has 1 aromatic heterocycles. The van der Waals surface area contributed by atoms with Gasteiger partial charge in [0, 0.05) is 55.8 Å². The number of benzene rings is 1. The Hall–Kier alpha value is -3.20. The Labute approximate surface area is 167 Å². The van der Waals surface area contributed by atoms with E-state index in [4.69, 9.17) is 0 Å². The van der Waals surface area contributed by atoms with Crippen molar-refractivity contribution in [1.82, 2.24) is 25.7 Å². The zero-order valence-electron chi connectivity index (χ0n) is 15.9. The van der Waals surface area contributed by atoms with Crippen molar-refractivity contribution in [3.05, 3.63) is 46.1 Å². The minimum atomic E-state index is -0.586. The van der Waals surface area contributed by atoms with E-state index in [0.717, 1.165) is 36.5 Å². The number of H-pyrrole nitrogens is 1. The van der Waals surface area contributed by atoms with Gasteiger partial charge >= 0.3 is 0 Å². The van der Waals surface area contributed by atoms with Crippen molar-refractivity contribution in [3.8, 4) is 0 Å². The van der Waals surface area contributed by atoms with E-state index >= 15 is 0 Å². The molecule has 0 bridgehead atoms. The molecule has 3 aliphatic rings. The van der Waals surface area contributed by atoms with Crippen molar-refractivity contribution in [1.29, 1.82) is 0 Å². The van der Waals surface area contributed by atoms with Crippen molar-refractivity contribution in [2.24, 2.45) is 0 Å². The molecule has 1 atom stereocenters. The number of anilines is 1. The highest BCUT2D eigenvalue weighted by Gasteiger charge is 2.39. The van der Waals surface area contributed by atoms with Gasteiger partial charge in [0.25, 0.3) is 5.91 Å². The maximum Gasteiger partial charge on any atom is 0.255 e. The molecule has 150 valence electrons. The predicted molar refractivity (Wildman–Crippen MR) is 104 cm³/mol. The van der Waals surface area contributed by atoms with Crippen molar-refractivity contribution in [2.75, 3.05) is 11.9 Å². The number of piperidine rings is 1. The molecule has 4 heterocycles. The summed E-state index contributed by atoms with van der Waals surface area (Å²) in [5.41, 5.74) is 4.93. The maximum absolute atomic E-state index is 12.8. The highest BCUT2D eigenvalue weighted by molar-refractivity contribution is 6.05. The topological polar surface area (TPSA) is 119 Å². The van der Waals surface area contributed by atoms with Crippen LogP contribution in [-0.2, 0) is 35.6 Å². The number of rotatable bonds is 4. The Balaban J connectivity index is 1.29.